The molecule has 0 aliphatic carbocycles. The molecular weight excluding hydrogens is 317 g/mol. The zero-order valence-corrected chi connectivity index (χ0v) is 10.2. The van der Waals surface area contributed by atoms with Crippen LogP contribution in [0.25, 0.3) is 0 Å². The topological polar surface area (TPSA) is 52.6 Å². The first-order valence-corrected chi connectivity index (χ1v) is 5.12. The van der Waals surface area contributed by atoms with Crippen LogP contribution in [0.15, 0.2) is 12.7 Å². The Labute approximate surface area is 113 Å². The van der Waals surface area contributed by atoms with E-state index in [0.717, 1.165) is 6.08 Å². The van der Waals surface area contributed by atoms with Crippen molar-refractivity contribution >= 4 is 11.9 Å². The van der Waals surface area contributed by atoms with Gasteiger partial charge in [0, 0.05) is 6.08 Å². The van der Waals surface area contributed by atoms with E-state index in [9.17, 15) is 40.3 Å². The molecule has 0 aliphatic rings. The Morgan fingerprint density at radius 1 is 1.00 bits per heavy atom. The van der Waals surface area contributed by atoms with Crippen molar-refractivity contribution in [2.75, 3.05) is 13.2 Å². The Hall–Kier alpha value is -1.81. The number of hydrogen-bond donors (Lipinski definition) is 0. The van der Waals surface area contributed by atoms with Gasteiger partial charge >= 0.3 is 30.0 Å². The molecule has 11 heteroatoms. The van der Waals surface area contributed by atoms with Gasteiger partial charge in [-0.1, -0.05) is 6.58 Å². The van der Waals surface area contributed by atoms with Crippen LogP contribution in [0.2, 0.25) is 0 Å². The van der Waals surface area contributed by atoms with E-state index in [2.05, 4.69) is 16.1 Å². The average Bonchev–Trinajstić information content (AvgIpc) is 2.34. The third-order valence-corrected chi connectivity index (χ3v) is 1.95. The lowest BCUT2D eigenvalue weighted by Gasteiger charge is -2.27. The number of carbonyl (C=O) groups is 2. The number of alkyl halides is 7. The molecule has 0 rings (SSSR count). The Balaban J connectivity index is 4.40. The van der Waals surface area contributed by atoms with Crippen LogP contribution in [0.3, 0.4) is 0 Å². The zero-order valence-electron chi connectivity index (χ0n) is 10.2. The third-order valence-electron chi connectivity index (χ3n) is 1.95. The molecule has 0 aromatic carbocycles. The molecular formula is C10H9F7O4. The van der Waals surface area contributed by atoms with Crippen LogP contribution in [-0.4, -0.2) is 43.2 Å². The normalized spacial score (nSPS) is 12.7. The molecule has 0 fully saturated rings. The molecule has 21 heavy (non-hydrogen) atoms. The zero-order chi connectivity index (χ0) is 16.9. The Morgan fingerprint density at radius 3 is 1.95 bits per heavy atom. The number of esters is 2. The summed E-state index contributed by atoms with van der Waals surface area (Å²) < 4.78 is 93.4. The standard InChI is InChI=1S/C10H9F7O4/c1-2-6(18)20-4-3-7(19)21-5-8(11,12)9(13,14)10(15,16)17/h2H,1,3-5H2. The Morgan fingerprint density at radius 2 is 1.52 bits per heavy atom. The second-order valence-corrected chi connectivity index (χ2v) is 3.56. The highest BCUT2D eigenvalue weighted by atomic mass is 19.4. The molecule has 0 amide bonds. The molecule has 0 heterocycles. The van der Waals surface area contributed by atoms with Gasteiger partial charge < -0.3 is 9.47 Å². The Kier molecular flexibility index (Phi) is 6.18. The summed E-state index contributed by atoms with van der Waals surface area (Å²) in [5.74, 6) is -14.5. The first kappa shape index (κ1) is 19.2. The van der Waals surface area contributed by atoms with E-state index in [4.69, 9.17) is 0 Å². The molecule has 0 atom stereocenters. The second kappa shape index (κ2) is 6.76. The monoisotopic (exact) mass is 326 g/mol. The van der Waals surface area contributed by atoms with Gasteiger partial charge in [-0.15, -0.1) is 0 Å². The Bertz CT molecular complexity index is 403. The lowest BCUT2D eigenvalue weighted by Crippen LogP contribution is -2.54. The maximum atomic E-state index is 12.7. The summed E-state index contributed by atoms with van der Waals surface area (Å²) in [6.45, 7) is -0.101. The van der Waals surface area contributed by atoms with E-state index in [-0.39, 0.29) is 0 Å². The van der Waals surface area contributed by atoms with Crippen LogP contribution in [-0.2, 0) is 19.1 Å². The predicted molar refractivity (Wildman–Crippen MR) is 52.7 cm³/mol. The number of carbonyl (C=O) groups excluding carboxylic acids is 2. The van der Waals surface area contributed by atoms with Crippen molar-refractivity contribution < 1.29 is 49.8 Å². The largest absolute Gasteiger partial charge is 0.462 e. The van der Waals surface area contributed by atoms with Gasteiger partial charge in [0.05, 0.1) is 6.42 Å². The molecule has 4 nitrogen and oxygen atoms in total. The van der Waals surface area contributed by atoms with E-state index in [1.165, 1.54) is 0 Å². The van der Waals surface area contributed by atoms with Gasteiger partial charge in [-0.25, -0.2) is 4.79 Å². The molecule has 0 aliphatic heterocycles. The molecule has 0 spiro atoms. The quantitative estimate of drug-likeness (QED) is 0.410. The summed E-state index contributed by atoms with van der Waals surface area (Å²) in [6, 6.07) is 0. The summed E-state index contributed by atoms with van der Waals surface area (Å²) in [5.41, 5.74) is 0. The van der Waals surface area contributed by atoms with Gasteiger partial charge in [-0.05, 0) is 0 Å². The van der Waals surface area contributed by atoms with Crippen LogP contribution in [0.5, 0.6) is 0 Å². The number of ether oxygens (including phenoxy) is 2. The molecule has 0 aromatic rings. The van der Waals surface area contributed by atoms with Crippen LogP contribution in [0, 0.1) is 0 Å². The third kappa shape index (κ3) is 5.23. The van der Waals surface area contributed by atoms with Gasteiger partial charge in [-0.3, -0.25) is 4.79 Å². The lowest BCUT2D eigenvalue weighted by molar-refractivity contribution is -0.359. The van der Waals surface area contributed by atoms with Crippen molar-refractivity contribution in [1.29, 1.82) is 0 Å². The van der Waals surface area contributed by atoms with E-state index in [1.54, 1.807) is 0 Å². The minimum absolute atomic E-state index is 0.634. The fraction of sp³-hybridized carbons (Fsp3) is 0.600. The van der Waals surface area contributed by atoms with Crippen molar-refractivity contribution in [3.8, 4) is 0 Å². The molecule has 0 unspecified atom stereocenters. The van der Waals surface area contributed by atoms with E-state index in [0.29, 0.717) is 0 Å². The molecule has 0 saturated carbocycles. The van der Waals surface area contributed by atoms with Crippen molar-refractivity contribution in [1.82, 2.24) is 0 Å². The van der Waals surface area contributed by atoms with Gasteiger partial charge in [0.15, 0.2) is 6.61 Å². The summed E-state index contributed by atoms with van der Waals surface area (Å²) >= 11 is 0. The maximum absolute atomic E-state index is 12.7. The van der Waals surface area contributed by atoms with Gasteiger partial charge in [0.1, 0.15) is 6.61 Å². The van der Waals surface area contributed by atoms with Crippen molar-refractivity contribution in [2.45, 2.75) is 24.4 Å². The minimum atomic E-state index is -6.50. The molecule has 0 aromatic heterocycles. The van der Waals surface area contributed by atoms with Gasteiger partial charge in [0.25, 0.3) is 0 Å². The highest BCUT2D eigenvalue weighted by molar-refractivity contribution is 5.81. The van der Waals surface area contributed by atoms with E-state index >= 15 is 0 Å². The van der Waals surface area contributed by atoms with Crippen LogP contribution in [0.1, 0.15) is 6.42 Å². The molecule has 122 valence electrons. The first-order valence-electron chi connectivity index (χ1n) is 5.12. The number of rotatable bonds is 7. The number of hydrogen-bond acceptors (Lipinski definition) is 4. The second-order valence-electron chi connectivity index (χ2n) is 3.56. The molecule has 0 radical (unpaired) electrons. The van der Waals surface area contributed by atoms with Crippen LogP contribution < -0.4 is 0 Å². The molecule has 0 bridgehead atoms. The number of halogens is 7. The molecule has 0 N–H and O–H groups in total. The summed E-state index contributed by atoms with van der Waals surface area (Å²) in [7, 11) is 0. The maximum Gasteiger partial charge on any atom is 0.460 e. The fourth-order valence-corrected chi connectivity index (χ4v) is 0.835. The summed E-state index contributed by atoms with van der Waals surface area (Å²) in [5, 5.41) is 0. The lowest BCUT2D eigenvalue weighted by atomic mass is 10.2. The van der Waals surface area contributed by atoms with Crippen molar-refractivity contribution in [2.24, 2.45) is 0 Å². The van der Waals surface area contributed by atoms with Crippen LogP contribution in [0.4, 0.5) is 30.7 Å². The summed E-state index contributed by atoms with van der Waals surface area (Å²) in [6.07, 6.45) is -6.57. The smallest absolute Gasteiger partial charge is 0.460 e. The predicted octanol–water partition coefficient (Wildman–Crippen LogP) is 2.48. The van der Waals surface area contributed by atoms with Crippen molar-refractivity contribution in [3.63, 3.8) is 0 Å². The van der Waals surface area contributed by atoms with Gasteiger partial charge in [-0.2, -0.15) is 30.7 Å². The minimum Gasteiger partial charge on any atom is -0.462 e. The van der Waals surface area contributed by atoms with E-state index < -0.39 is 49.6 Å². The highest BCUT2D eigenvalue weighted by Crippen LogP contribution is 2.46. The molecule has 0 saturated heterocycles. The van der Waals surface area contributed by atoms with Crippen molar-refractivity contribution in [3.05, 3.63) is 12.7 Å². The SMILES string of the molecule is C=CC(=O)OCCC(=O)OCC(F)(F)C(F)(F)C(F)(F)F. The van der Waals surface area contributed by atoms with Gasteiger partial charge in [0.2, 0.25) is 0 Å². The first-order chi connectivity index (χ1) is 9.35. The highest BCUT2D eigenvalue weighted by Gasteiger charge is 2.73. The van der Waals surface area contributed by atoms with E-state index in [1.807, 2.05) is 0 Å². The average molecular weight is 326 g/mol. The van der Waals surface area contributed by atoms with Crippen LogP contribution >= 0.6 is 0 Å². The summed E-state index contributed by atoms with van der Waals surface area (Å²) in [4.78, 5) is 21.4. The fourth-order valence-electron chi connectivity index (χ4n) is 0.835.